The summed E-state index contributed by atoms with van der Waals surface area (Å²) in [6, 6.07) is 4.98. The van der Waals surface area contributed by atoms with Crippen LogP contribution in [0.4, 0.5) is 0 Å². The summed E-state index contributed by atoms with van der Waals surface area (Å²) in [7, 11) is 0. The quantitative estimate of drug-likeness (QED) is 0.490. The van der Waals surface area contributed by atoms with E-state index in [2.05, 4.69) is 15.9 Å². The molecule has 0 aliphatic rings. The number of nitrogens with one attached hydrogen (secondary N) is 1. The SMILES string of the molecule is N=C(N)c1cccc(Br)c1O. The van der Waals surface area contributed by atoms with Crippen LogP contribution in [0.5, 0.6) is 5.75 Å². The molecule has 1 rings (SSSR count). The van der Waals surface area contributed by atoms with E-state index in [1.165, 1.54) is 0 Å². The van der Waals surface area contributed by atoms with Gasteiger partial charge in [0.25, 0.3) is 0 Å². The van der Waals surface area contributed by atoms with Gasteiger partial charge in [-0.05, 0) is 28.1 Å². The van der Waals surface area contributed by atoms with Crippen molar-refractivity contribution < 1.29 is 5.11 Å². The monoisotopic (exact) mass is 214 g/mol. The number of hydrogen-bond acceptors (Lipinski definition) is 2. The summed E-state index contributed by atoms with van der Waals surface area (Å²) >= 11 is 3.11. The van der Waals surface area contributed by atoms with Crippen LogP contribution in [0.3, 0.4) is 0 Å². The second-order valence-corrected chi connectivity index (χ2v) is 2.90. The van der Waals surface area contributed by atoms with Gasteiger partial charge in [-0.15, -0.1) is 0 Å². The summed E-state index contributed by atoms with van der Waals surface area (Å²) in [6.45, 7) is 0. The van der Waals surface area contributed by atoms with Crippen molar-refractivity contribution in [1.29, 1.82) is 5.41 Å². The molecule has 0 aromatic heterocycles. The number of nitrogens with two attached hydrogens (primary N) is 1. The fraction of sp³-hybridized carbons (Fsp3) is 0. The molecule has 0 fully saturated rings. The molecule has 0 aliphatic heterocycles. The molecule has 0 amide bonds. The Kier molecular flexibility index (Phi) is 2.14. The highest BCUT2D eigenvalue weighted by molar-refractivity contribution is 9.10. The summed E-state index contributed by atoms with van der Waals surface area (Å²) in [6.07, 6.45) is 0. The number of halogens is 1. The molecule has 0 unspecified atom stereocenters. The van der Waals surface area contributed by atoms with Gasteiger partial charge in [-0.2, -0.15) is 0 Å². The first-order valence-corrected chi connectivity index (χ1v) is 3.74. The number of para-hydroxylation sites is 1. The summed E-state index contributed by atoms with van der Waals surface area (Å²) in [5.74, 6) is -0.121. The van der Waals surface area contributed by atoms with Crippen LogP contribution in [-0.4, -0.2) is 10.9 Å². The van der Waals surface area contributed by atoms with Crippen LogP contribution in [0.25, 0.3) is 0 Å². The van der Waals surface area contributed by atoms with Crippen LogP contribution in [-0.2, 0) is 0 Å². The lowest BCUT2D eigenvalue weighted by Crippen LogP contribution is -2.10. The molecule has 1 aromatic carbocycles. The van der Waals surface area contributed by atoms with Crippen LogP contribution in [0.2, 0.25) is 0 Å². The number of aromatic hydroxyl groups is 1. The predicted molar refractivity (Wildman–Crippen MR) is 46.8 cm³/mol. The molecule has 0 aliphatic carbocycles. The maximum atomic E-state index is 9.30. The van der Waals surface area contributed by atoms with E-state index >= 15 is 0 Å². The Balaban J connectivity index is 3.27. The maximum Gasteiger partial charge on any atom is 0.140 e. The van der Waals surface area contributed by atoms with Crippen molar-refractivity contribution in [2.24, 2.45) is 5.73 Å². The number of amidine groups is 1. The first-order valence-electron chi connectivity index (χ1n) is 2.95. The van der Waals surface area contributed by atoms with Gasteiger partial charge in [0.1, 0.15) is 11.6 Å². The Morgan fingerprint density at radius 3 is 2.64 bits per heavy atom. The maximum absolute atomic E-state index is 9.30. The summed E-state index contributed by atoms with van der Waals surface area (Å²) in [5, 5.41) is 16.4. The van der Waals surface area contributed by atoms with Gasteiger partial charge >= 0.3 is 0 Å². The highest BCUT2D eigenvalue weighted by Gasteiger charge is 2.05. The van der Waals surface area contributed by atoms with Crippen molar-refractivity contribution in [3.63, 3.8) is 0 Å². The fourth-order valence-electron chi connectivity index (χ4n) is 0.733. The molecular weight excluding hydrogens is 208 g/mol. The number of hydrogen-bond donors (Lipinski definition) is 3. The third-order valence-electron chi connectivity index (χ3n) is 1.28. The van der Waals surface area contributed by atoms with Crippen molar-refractivity contribution >= 4 is 21.8 Å². The van der Waals surface area contributed by atoms with Gasteiger partial charge < -0.3 is 10.8 Å². The van der Waals surface area contributed by atoms with E-state index in [1.807, 2.05) is 0 Å². The van der Waals surface area contributed by atoms with E-state index in [0.29, 0.717) is 10.0 Å². The topological polar surface area (TPSA) is 70.1 Å². The van der Waals surface area contributed by atoms with Gasteiger partial charge in [0.15, 0.2) is 0 Å². The largest absolute Gasteiger partial charge is 0.506 e. The molecule has 0 radical (unpaired) electrons. The molecule has 58 valence electrons. The standard InChI is InChI=1S/C7H7BrN2O/c8-5-3-1-2-4(6(5)11)7(9)10/h1-3,11H,(H3,9,10). The highest BCUT2D eigenvalue weighted by Crippen LogP contribution is 2.26. The molecule has 1 aromatic rings. The van der Waals surface area contributed by atoms with Gasteiger partial charge in [-0.3, -0.25) is 5.41 Å². The predicted octanol–water partition coefficient (Wildman–Crippen LogP) is 1.44. The van der Waals surface area contributed by atoms with E-state index < -0.39 is 0 Å². The van der Waals surface area contributed by atoms with Gasteiger partial charge in [0.2, 0.25) is 0 Å². The summed E-state index contributed by atoms with van der Waals surface area (Å²) in [4.78, 5) is 0. The molecule has 0 heterocycles. The van der Waals surface area contributed by atoms with E-state index in [1.54, 1.807) is 18.2 Å². The Morgan fingerprint density at radius 2 is 2.18 bits per heavy atom. The zero-order chi connectivity index (χ0) is 8.43. The minimum Gasteiger partial charge on any atom is -0.506 e. The van der Waals surface area contributed by atoms with Crippen LogP contribution in [0.1, 0.15) is 5.56 Å². The average Bonchev–Trinajstić information content (AvgIpc) is 1.94. The lowest BCUT2D eigenvalue weighted by atomic mass is 10.2. The Morgan fingerprint density at radius 1 is 1.55 bits per heavy atom. The van der Waals surface area contributed by atoms with E-state index in [4.69, 9.17) is 11.1 Å². The van der Waals surface area contributed by atoms with E-state index in [-0.39, 0.29) is 11.6 Å². The molecule has 4 heteroatoms. The minimum atomic E-state index is -0.135. The highest BCUT2D eigenvalue weighted by atomic mass is 79.9. The second-order valence-electron chi connectivity index (χ2n) is 2.05. The van der Waals surface area contributed by atoms with Gasteiger partial charge in [0.05, 0.1) is 10.0 Å². The zero-order valence-corrected chi connectivity index (χ0v) is 7.22. The molecule has 0 saturated heterocycles. The van der Waals surface area contributed by atoms with E-state index in [0.717, 1.165) is 0 Å². The van der Waals surface area contributed by atoms with Crippen LogP contribution in [0.15, 0.2) is 22.7 Å². The van der Waals surface area contributed by atoms with Crippen molar-refractivity contribution in [3.05, 3.63) is 28.2 Å². The number of nitrogen functional groups attached to an aromatic ring is 1. The molecule has 3 nitrogen and oxygen atoms in total. The third kappa shape index (κ3) is 1.51. The van der Waals surface area contributed by atoms with Gasteiger partial charge in [-0.25, -0.2) is 0 Å². The Bertz CT molecular complexity index is 298. The normalized spacial score (nSPS) is 9.55. The van der Waals surface area contributed by atoms with Crippen LogP contribution in [0, 0.1) is 5.41 Å². The van der Waals surface area contributed by atoms with Crippen molar-refractivity contribution in [2.75, 3.05) is 0 Å². The lowest BCUT2D eigenvalue weighted by molar-refractivity contribution is 0.470. The molecular formula is C7H7BrN2O. The number of phenolic OH excluding ortho intramolecular Hbond substituents is 1. The summed E-state index contributed by atoms with van der Waals surface area (Å²) < 4.78 is 0.546. The Labute approximate surface area is 72.5 Å². The zero-order valence-electron chi connectivity index (χ0n) is 5.63. The van der Waals surface area contributed by atoms with Crippen molar-refractivity contribution in [1.82, 2.24) is 0 Å². The number of benzene rings is 1. The first-order chi connectivity index (χ1) is 5.13. The van der Waals surface area contributed by atoms with Crippen LogP contribution < -0.4 is 5.73 Å². The first kappa shape index (κ1) is 8.07. The molecule has 4 N–H and O–H groups in total. The molecule has 0 atom stereocenters. The van der Waals surface area contributed by atoms with E-state index in [9.17, 15) is 5.11 Å². The fourth-order valence-corrected chi connectivity index (χ4v) is 1.10. The van der Waals surface area contributed by atoms with Crippen molar-refractivity contribution in [3.8, 4) is 5.75 Å². The Hall–Kier alpha value is -1.03. The van der Waals surface area contributed by atoms with Gasteiger partial charge in [0, 0.05) is 0 Å². The average molecular weight is 215 g/mol. The van der Waals surface area contributed by atoms with Crippen molar-refractivity contribution in [2.45, 2.75) is 0 Å². The molecule has 11 heavy (non-hydrogen) atoms. The molecule has 0 bridgehead atoms. The molecule has 0 saturated carbocycles. The lowest BCUT2D eigenvalue weighted by Gasteiger charge is -2.02. The van der Waals surface area contributed by atoms with Crippen LogP contribution >= 0.6 is 15.9 Å². The summed E-state index contributed by atoms with van der Waals surface area (Å²) in [5.41, 5.74) is 5.53. The smallest absolute Gasteiger partial charge is 0.140 e. The minimum absolute atomic E-state index is 0.0139. The second kappa shape index (κ2) is 2.92. The molecule has 0 spiro atoms. The number of rotatable bonds is 1. The van der Waals surface area contributed by atoms with Gasteiger partial charge in [-0.1, -0.05) is 6.07 Å². The number of phenols is 1. The third-order valence-corrected chi connectivity index (χ3v) is 1.92.